The number of methoxy groups -OCH3 is 1. The number of carbonyl (C=O) groups is 1. The summed E-state index contributed by atoms with van der Waals surface area (Å²) in [7, 11) is 1.26. The summed E-state index contributed by atoms with van der Waals surface area (Å²) in [5, 5.41) is 11.7. The Morgan fingerprint density at radius 3 is 3.00 bits per heavy atom. The number of carbonyl (C=O) groups excluding carboxylic acids is 1. The highest BCUT2D eigenvalue weighted by molar-refractivity contribution is 7.11. The Balaban J connectivity index is 2.93. The first kappa shape index (κ1) is 10.4. The Labute approximate surface area is 83.8 Å². The Hall–Kier alpha value is -1.69. The highest BCUT2D eigenvalue weighted by Gasteiger charge is 2.11. The van der Waals surface area contributed by atoms with Gasteiger partial charge in [0.05, 0.1) is 17.6 Å². The third-order valence-electron chi connectivity index (χ3n) is 1.45. The van der Waals surface area contributed by atoms with Gasteiger partial charge in [0.2, 0.25) is 6.20 Å². The Morgan fingerprint density at radius 1 is 1.71 bits per heavy atom. The van der Waals surface area contributed by atoms with E-state index in [2.05, 4.69) is 4.74 Å². The second-order valence-electron chi connectivity index (χ2n) is 2.29. The van der Waals surface area contributed by atoms with E-state index in [0.29, 0.717) is 10.4 Å². The van der Waals surface area contributed by atoms with Gasteiger partial charge in [0, 0.05) is 11.0 Å². The summed E-state index contributed by atoms with van der Waals surface area (Å²) in [5.41, 5.74) is 0.343. The van der Waals surface area contributed by atoms with Crippen molar-refractivity contribution in [2.45, 2.75) is 0 Å². The predicted molar refractivity (Wildman–Crippen MR) is 51.7 cm³/mol. The van der Waals surface area contributed by atoms with Crippen LogP contribution < -0.4 is 0 Å². The Morgan fingerprint density at radius 2 is 2.43 bits per heavy atom. The number of hydrogen-bond donors (Lipinski definition) is 0. The smallest absolute Gasteiger partial charge is 0.339 e. The van der Waals surface area contributed by atoms with E-state index >= 15 is 0 Å². The first-order valence-electron chi connectivity index (χ1n) is 3.62. The maximum atomic E-state index is 11.1. The third kappa shape index (κ3) is 2.40. The van der Waals surface area contributed by atoms with Crippen LogP contribution in [0.1, 0.15) is 15.2 Å². The normalized spacial score (nSPS) is 10.4. The summed E-state index contributed by atoms with van der Waals surface area (Å²) in [6.07, 6.45) is 2.06. The minimum atomic E-state index is -0.583. The molecule has 1 rings (SSSR count). The molecule has 0 aliphatic heterocycles. The molecule has 74 valence electrons. The number of hydrogen-bond acceptors (Lipinski definition) is 5. The first-order chi connectivity index (χ1) is 6.65. The molecule has 0 aromatic carbocycles. The molecule has 0 aliphatic rings. The molecule has 0 fully saturated rings. The van der Waals surface area contributed by atoms with Crippen LogP contribution in [0.3, 0.4) is 0 Å². The van der Waals surface area contributed by atoms with Gasteiger partial charge in [-0.2, -0.15) is 0 Å². The largest absolute Gasteiger partial charge is 0.465 e. The van der Waals surface area contributed by atoms with Crippen molar-refractivity contribution < 1.29 is 14.5 Å². The van der Waals surface area contributed by atoms with E-state index in [9.17, 15) is 14.9 Å². The summed E-state index contributed by atoms with van der Waals surface area (Å²) in [6, 6.07) is 1.57. The lowest BCUT2D eigenvalue weighted by Crippen LogP contribution is -2.00. The van der Waals surface area contributed by atoms with Gasteiger partial charge in [-0.15, -0.1) is 11.3 Å². The summed E-state index contributed by atoms with van der Waals surface area (Å²) < 4.78 is 4.51. The molecule has 0 aliphatic carbocycles. The van der Waals surface area contributed by atoms with Crippen molar-refractivity contribution in [1.29, 1.82) is 0 Å². The number of nitro groups is 1. The van der Waals surface area contributed by atoms with Gasteiger partial charge >= 0.3 is 5.97 Å². The van der Waals surface area contributed by atoms with Crippen molar-refractivity contribution >= 4 is 23.4 Å². The molecule has 14 heavy (non-hydrogen) atoms. The standard InChI is InChI=1S/C8H7NO4S/c1-13-8(10)6-3-5-14-7(6)2-4-9(11)12/h2-5H,1H3. The molecule has 0 bridgehead atoms. The van der Waals surface area contributed by atoms with Gasteiger partial charge in [0.15, 0.2) is 0 Å². The lowest BCUT2D eigenvalue weighted by molar-refractivity contribution is -0.400. The van der Waals surface area contributed by atoms with Crippen molar-refractivity contribution in [1.82, 2.24) is 0 Å². The fraction of sp³-hybridized carbons (Fsp3) is 0.125. The van der Waals surface area contributed by atoms with Crippen LogP contribution in [0.5, 0.6) is 0 Å². The van der Waals surface area contributed by atoms with Crippen LogP contribution in [-0.2, 0) is 4.74 Å². The second kappa shape index (κ2) is 4.52. The fourth-order valence-electron chi connectivity index (χ4n) is 0.857. The van der Waals surface area contributed by atoms with Crippen molar-refractivity contribution in [2.75, 3.05) is 7.11 Å². The summed E-state index contributed by atoms with van der Waals surface area (Å²) in [6.45, 7) is 0. The van der Waals surface area contributed by atoms with Gasteiger partial charge in [0.25, 0.3) is 0 Å². The molecule has 1 aromatic heterocycles. The average molecular weight is 213 g/mol. The highest BCUT2D eigenvalue weighted by Crippen LogP contribution is 2.19. The van der Waals surface area contributed by atoms with Crippen LogP contribution in [0, 0.1) is 10.1 Å². The number of rotatable bonds is 3. The minimum absolute atomic E-state index is 0.343. The molecule has 0 spiro atoms. The summed E-state index contributed by atoms with van der Waals surface area (Å²) in [4.78, 5) is 21.1. The Kier molecular flexibility index (Phi) is 3.35. The zero-order valence-electron chi connectivity index (χ0n) is 7.30. The van der Waals surface area contributed by atoms with Crippen LogP contribution >= 0.6 is 11.3 Å². The number of esters is 1. The van der Waals surface area contributed by atoms with Crippen LogP contribution in [-0.4, -0.2) is 18.0 Å². The average Bonchev–Trinajstić information content (AvgIpc) is 2.61. The van der Waals surface area contributed by atoms with Gasteiger partial charge in [-0.3, -0.25) is 10.1 Å². The van der Waals surface area contributed by atoms with Gasteiger partial charge in [-0.25, -0.2) is 4.79 Å². The van der Waals surface area contributed by atoms with Crippen LogP contribution in [0.15, 0.2) is 17.6 Å². The lowest BCUT2D eigenvalue weighted by atomic mass is 10.2. The maximum Gasteiger partial charge on any atom is 0.339 e. The maximum absolute atomic E-state index is 11.1. The van der Waals surface area contributed by atoms with E-state index in [1.165, 1.54) is 24.5 Å². The van der Waals surface area contributed by atoms with E-state index < -0.39 is 10.9 Å². The van der Waals surface area contributed by atoms with Crippen molar-refractivity contribution in [3.63, 3.8) is 0 Å². The zero-order valence-corrected chi connectivity index (χ0v) is 8.11. The van der Waals surface area contributed by atoms with Gasteiger partial charge in [-0.05, 0) is 11.4 Å². The molecule has 1 heterocycles. The molecular formula is C8H7NO4S. The topological polar surface area (TPSA) is 69.4 Å². The minimum Gasteiger partial charge on any atom is -0.465 e. The molecular weight excluding hydrogens is 206 g/mol. The molecule has 0 radical (unpaired) electrons. The molecule has 0 unspecified atom stereocenters. The van der Waals surface area contributed by atoms with E-state index in [4.69, 9.17) is 0 Å². The van der Waals surface area contributed by atoms with Gasteiger partial charge in [-0.1, -0.05) is 0 Å². The summed E-state index contributed by atoms with van der Waals surface area (Å²) in [5.74, 6) is -0.491. The fourth-order valence-corrected chi connectivity index (χ4v) is 1.63. The molecule has 1 aromatic rings. The monoisotopic (exact) mass is 213 g/mol. The van der Waals surface area contributed by atoms with E-state index in [-0.39, 0.29) is 0 Å². The van der Waals surface area contributed by atoms with Crippen molar-refractivity contribution in [2.24, 2.45) is 0 Å². The molecule has 0 atom stereocenters. The van der Waals surface area contributed by atoms with E-state index in [1.54, 1.807) is 11.4 Å². The van der Waals surface area contributed by atoms with Crippen LogP contribution in [0.25, 0.3) is 6.08 Å². The SMILES string of the molecule is COC(=O)c1ccsc1C=C[N+](=O)[O-]. The van der Waals surface area contributed by atoms with Crippen molar-refractivity contribution in [3.8, 4) is 0 Å². The predicted octanol–water partition coefficient (Wildman–Crippen LogP) is 1.78. The second-order valence-corrected chi connectivity index (χ2v) is 3.24. The first-order valence-corrected chi connectivity index (χ1v) is 4.50. The summed E-state index contributed by atoms with van der Waals surface area (Å²) >= 11 is 1.24. The quantitative estimate of drug-likeness (QED) is 0.436. The molecule has 5 nitrogen and oxygen atoms in total. The number of thiophene rings is 1. The number of ether oxygens (including phenoxy) is 1. The van der Waals surface area contributed by atoms with Crippen LogP contribution in [0.4, 0.5) is 0 Å². The van der Waals surface area contributed by atoms with E-state index in [1.807, 2.05) is 0 Å². The lowest BCUT2D eigenvalue weighted by Gasteiger charge is -1.95. The third-order valence-corrected chi connectivity index (χ3v) is 2.33. The molecule has 0 N–H and O–H groups in total. The Bertz CT molecular complexity index is 382. The zero-order chi connectivity index (χ0) is 10.6. The van der Waals surface area contributed by atoms with Gasteiger partial charge < -0.3 is 4.74 Å². The molecule has 0 saturated heterocycles. The number of nitrogens with zero attached hydrogens (tertiary/aromatic N) is 1. The van der Waals surface area contributed by atoms with Crippen LogP contribution in [0.2, 0.25) is 0 Å². The molecule has 0 amide bonds. The van der Waals surface area contributed by atoms with Gasteiger partial charge in [0.1, 0.15) is 0 Å². The van der Waals surface area contributed by atoms with Crippen molar-refractivity contribution in [3.05, 3.63) is 38.2 Å². The molecule has 6 heteroatoms. The molecule has 0 saturated carbocycles. The van der Waals surface area contributed by atoms with E-state index in [0.717, 1.165) is 6.20 Å². The highest BCUT2D eigenvalue weighted by atomic mass is 32.1.